The summed E-state index contributed by atoms with van der Waals surface area (Å²) in [5, 5.41) is 1.21. The van der Waals surface area contributed by atoms with Crippen molar-refractivity contribution >= 4 is 16.8 Å². The Balaban J connectivity index is 1.84. The van der Waals surface area contributed by atoms with E-state index in [0.29, 0.717) is 13.0 Å². The largest absolute Gasteiger partial charge is 0.370 e. The van der Waals surface area contributed by atoms with E-state index in [1.54, 1.807) is 0 Å². The topological polar surface area (TPSA) is 64.2 Å². The van der Waals surface area contributed by atoms with Crippen LogP contribution in [0.1, 0.15) is 30.6 Å². The number of nitrogens with zero attached hydrogens (tertiary/aromatic N) is 3. The Kier molecular flexibility index (Phi) is 5.14. The molecule has 0 saturated carbocycles. The number of hydrogen-bond acceptors (Lipinski definition) is 3. The average Bonchev–Trinajstić information content (AvgIpc) is 2.98. The molecule has 0 aliphatic heterocycles. The maximum atomic E-state index is 11.1. The first-order valence-electron chi connectivity index (χ1n) is 8.52. The van der Waals surface area contributed by atoms with Gasteiger partial charge in [0.2, 0.25) is 5.91 Å². The van der Waals surface area contributed by atoms with Crippen molar-refractivity contribution in [2.24, 2.45) is 5.73 Å². The summed E-state index contributed by atoms with van der Waals surface area (Å²) >= 11 is 0. The minimum absolute atomic E-state index is 0.217. The lowest BCUT2D eigenvalue weighted by atomic mass is 10.1. The van der Waals surface area contributed by atoms with Crippen molar-refractivity contribution in [2.45, 2.75) is 32.5 Å². The molecule has 0 radical (unpaired) electrons. The first-order valence-corrected chi connectivity index (χ1v) is 8.52. The highest BCUT2D eigenvalue weighted by Crippen LogP contribution is 2.25. The number of benzene rings is 1. The van der Waals surface area contributed by atoms with Crippen LogP contribution in [-0.2, 0) is 17.9 Å². The van der Waals surface area contributed by atoms with Crippen LogP contribution in [0, 0.1) is 0 Å². The molecule has 1 amide bonds. The van der Waals surface area contributed by atoms with E-state index in [2.05, 4.69) is 52.8 Å². The van der Waals surface area contributed by atoms with Crippen molar-refractivity contribution < 1.29 is 4.79 Å². The highest BCUT2D eigenvalue weighted by molar-refractivity contribution is 5.84. The van der Waals surface area contributed by atoms with E-state index in [9.17, 15) is 4.79 Å². The Labute approximate surface area is 148 Å². The van der Waals surface area contributed by atoms with Gasteiger partial charge in [-0.25, -0.2) is 0 Å². The van der Waals surface area contributed by atoms with Crippen LogP contribution in [0.5, 0.6) is 0 Å². The Morgan fingerprint density at radius 1 is 1.24 bits per heavy atom. The van der Waals surface area contributed by atoms with Crippen LogP contribution in [0.3, 0.4) is 0 Å². The van der Waals surface area contributed by atoms with Crippen LogP contribution in [0.25, 0.3) is 10.9 Å². The van der Waals surface area contributed by atoms with Crippen molar-refractivity contribution in [1.29, 1.82) is 0 Å². The predicted octanol–water partition coefficient (Wildman–Crippen LogP) is 3.10. The van der Waals surface area contributed by atoms with Crippen LogP contribution < -0.4 is 5.73 Å². The standard InChI is InChI=1S/C20H24N4O/c1-15(18-8-5-6-11-22-18)23(2)13-16-14-24(12-10-20(21)25)19-9-4-3-7-17(16)19/h3-9,11,14-15H,10,12-13H2,1-2H3,(H2,21,25)/t15-/m0/s1. The second-order valence-electron chi connectivity index (χ2n) is 6.43. The van der Waals surface area contributed by atoms with Gasteiger partial charge in [-0.2, -0.15) is 0 Å². The average molecular weight is 336 g/mol. The maximum absolute atomic E-state index is 11.1. The lowest BCUT2D eigenvalue weighted by Crippen LogP contribution is -2.22. The van der Waals surface area contributed by atoms with Gasteiger partial charge in [-0.1, -0.05) is 24.3 Å². The Morgan fingerprint density at radius 3 is 2.72 bits per heavy atom. The molecule has 2 aromatic heterocycles. The number of aromatic nitrogens is 2. The third-order valence-corrected chi connectivity index (χ3v) is 4.67. The first-order chi connectivity index (χ1) is 12.1. The number of fused-ring (bicyclic) bond motifs is 1. The van der Waals surface area contributed by atoms with Gasteiger partial charge >= 0.3 is 0 Å². The number of para-hydroxylation sites is 1. The van der Waals surface area contributed by atoms with Gasteiger partial charge in [-0.3, -0.25) is 14.7 Å². The van der Waals surface area contributed by atoms with E-state index in [0.717, 1.165) is 17.8 Å². The van der Waals surface area contributed by atoms with Gasteiger partial charge in [0, 0.05) is 48.8 Å². The molecule has 0 aliphatic rings. The second-order valence-corrected chi connectivity index (χ2v) is 6.43. The molecule has 0 fully saturated rings. The number of amides is 1. The van der Waals surface area contributed by atoms with Crippen molar-refractivity contribution in [3.05, 3.63) is 66.1 Å². The lowest BCUT2D eigenvalue weighted by molar-refractivity contribution is -0.118. The van der Waals surface area contributed by atoms with Gasteiger partial charge in [0.25, 0.3) is 0 Å². The smallest absolute Gasteiger partial charge is 0.219 e. The van der Waals surface area contributed by atoms with Gasteiger partial charge in [0.15, 0.2) is 0 Å². The van der Waals surface area contributed by atoms with E-state index < -0.39 is 0 Å². The summed E-state index contributed by atoms with van der Waals surface area (Å²) in [6.07, 6.45) is 4.31. The summed E-state index contributed by atoms with van der Waals surface area (Å²) in [5.41, 5.74) is 8.74. The molecule has 3 rings (SSSR count). The third-order valence-electron chi connectivity index (χ3n) is 4.67. The molecule has 5 heteroatoms. The number of rotatable bonds is 7. The molecule has 5 nitrogen and oxygen atoms in total. The molecule has 0 bridgehead atoms. The van der Waals surface area contributed by atoms with Crippen molar-refractivity contribution in [1.82, 2.24) is 14.5 Å². The zero-order valence-electron chi connectivity index (χ0n) is 14.7. The van der Waals surface area contributed by atoms with Crippen molar-refractivity contribution in [3.63, 3.8) is 0 Å². The highest BCUT2D eigenvalue weighted by Gasteiger charge is 2.16. The summed E-state index contributed by atoms with van der Waals surface area (Å²) in [4.78, 5) is 17.9. The summed E-state index contributed by atoms with van der Waals surface area (Å²) < 4.78 is 2.12. The molecule has 2 N–H and O–H groups in total. The summed E-state index contributed by atoms with van der Waals surface area (Å²) in [7, 11) is 2.11. The normalized spacial score (nSPS) is 12.6. The number of pyridine rings is 1. The van der Waals surface area contributed by atoms with E-state index >= 15 is 0 Å². The third kappa shape index (κ3) is 3.88. The fourth-order valence-electron chi connectivity index (χ4n) is 3.12. The molecular weight excluding hydrogens is 312 g/mol. The van der Waals surface area contributed by atoms with E-state index in [1.807, 2.05) is 30.5 Å². The van der Waals surface area contributed by atoms with Crippen molar-refractivity contribution in [2.75, 3.05) is 7.05 Å². The SMILES string of the molecule is C[C@@H](c1ccccn1)N(C)Cc1cn(CCC(N)=O)c2ccccc12. The van der Waals surface area contributed by atoms with Gasteiger partial charge < -0.3 is 10.3 Å². The van der Waals surface area contributed by atoms with Crippen LogP contribution in [0.2, 0.25) is 0 Å². The zero-order chi connectivity index (χ0) is 17.8. The second kappa shape index (κ2) is 7.49. The predicted molar refractivity (Wildman–Crippen MR) is 99.9 cm³/mol. The molecule has 130 valence electrons. The van der Waals surface area contributed by atoms with Gasteiger partial charge in [-0.05, 0) is 37.7 Å². The van der Waals surface area contributed by atoms with E-state index in [1.165, 1.54) is 10.9 Å². The summed E-state index contributed by atoms with van der Waals surface area (Å²) in [5.74, 6) is -0.278. The summed E-state index contributed by atoms with van der Waals surface area (Å²) in [6, 6.07) is 14.5. The molecular formula is C20H24N4O. The molecule has 25 heavy (non-hydrogen) atoms. The van der Waals surface area contributed by atoms with Crippen LogP contribution in [0.4, 0.5) is 0 Å². The highest BCUT2D eigenvalue weighted by atomic mass is 16.1. The zero-order valence-corrected chi connectivity index (χ0v) is 14.7. The lowest BCUT2D eigenvalue weighted by Gasteiger charge is -2.24. The molecule has 2 heterocycles. The van der Waals surface area contributed by atoms with Crippen LogP contribution in [-0.4, -0.2) is 27.4 Å². The van der Waals surface area contributed by atoms with E-state index in [-0.39, 0.29) is 11.9 Å². The number of hydrogen-bond donors (Lipinski definition) is 1. The number of carbonyl (C=O) groups is 1. The molecule has 0 saturated heterocycles. The maximum Gasteiger partial charge on any atom is 0.219 e. The number of aryl methyl sites for hydroxylation is 1. The molecule has 1 atom stereocenters. The van der Waals surface area contributed by atoms with Gasteiger partial charge in [0.05, 0.1) is 5.69 Å². The first kappa shape index (κ1) is 17.2. The molecule has 1 aromatic carbocycles. The molecule has 3 aromatic rings. The molecule has 0 unspecified atom stereocenters. The Bertz CT molecular complexity index is 857. The fraction of sp³-hybridized carbons (Fsp3) is 0.300. The Morgan fingerprint density at radius 2 is 2.00 bits per heavy atom. The fourth-order valence-corrected chi connectivity index (χ4v) is 3.12. The minimum Gasteiger partial charge on any atom is -0.370 e. The number of primary amides is 1. The molecule has 0 aliphatic carbocycles. The van der Waals surface area contributed by atoms with Gasteiger partial charge in [-0.15, -0.1) is 0 Å². The van der Waals surface area contributed by atoms with Crippen LogP contribution >= 0.6 is 0 Å². The minimum atomic E-state index is -0.278. The number of nitrogens with two attached hydrogens (primary N) is 1. The van der Waals surface area contributed by atoms with Crippen LogP contribution in [0.15, 0.2) is 54.9 Å². The van der Waals surface area contributed by atoms with Gasteiger partial charge in [0.1, 0.15) is 0 Å². The quantitative estimate of drug-likeness (QED) is 0.721. The Hall–Kier alpha value is -2.66. The van der Waals surface area contributed by atoms with Crippen molar-refractivity contribution in [3.8, 4) is 0 Å². The monoisotopic (exact) mass is 336 g/mol. The summed E-state index contributed by atoms with van der Waals surface area (Å²) in [6.45, 7) is 3.58. The molecule has 0 spiro atoms. The number of carbonyl (C=O) groups excluding carboxylic acids is 1. The van der Waals surface area contributed by atoms with E-state index in [4.69, 9.17) is 5.73 Å².